The second kappa shape index (κ2) is 7.70. The molecule has 1 aliphatic rings. The summed E-state index contributed by atoms with van der Waals surface area (Å²) in [4.78, 5) is 0. The number of ether oxygens (including phenoxy) is 1. The molecular formula is C16H27N3O. The average Bonchev–Trinajstić information content (AvgIpc) is 2.94. The van der Waals surface area contributed by atoms with E-state index in [1.54, 1.807) is 0 Å². The van der Waals surface area contributed by atoms with Gasteiger partial charge < -0.3 is 10.1 Å². The Balaban J connectivity index is 1.93. The first-order valence-electron chi connectivity index (χ1n) is 7.86. The Bertz CT molecular complexity index is 416. The molecule has 0 aromatic carbocycles. The summed E-state index contributed by atoms with van der Waals surface area (Å²) in [5.41, 5.74) is 3.33. The fourth-order valence-corrected chi connectivity index (χ4v) is 2.96. The van der Waals surface area contributed by atoms with E-state index in [4.69, 9.17) is 4.74 Å². The van der Waals surface area contributed by atoms with Gasteiger partial charge in [-0.05, 0) is 64.1 Å². The lowest BCUT2D eigenvalue weighted by molar-refractivity contribution is 0.101. The van der Waals surface area contributed by atoms with Crippen molar-refractivity contribution in [3.05, 3.63) is 23.0 Å². The smallest absolute Gasteiger partial charge is 0.0648 e. The molecule has 1 fully saturated rings. The molecule has 0 radical (unpaired) electrons. The molecule has 0 spiro atoms. The molecule has 1 aliphatic heterocycles. The first-order chi connectivity index (χ1) is 9.70. The third kappa shape index (κ3) is 4.25. The highest BCUT2D eigenvalue weighted by atomic mass is 16.5. The molecule has 2 atom stereocenters. The third-order valence-electron chi connectivity index (χ3n) is 4.01. The van der Waals surface area contributed by atoms with E-state index in [2.05, 4.69) is 28.5 Å². The number of nitrogens with zero attached hydrogens (tertiary/aromatic N) is 2. The van der Waals surface area contributed by atoms with E-state index in [0.29, 0.717) is 12.1 Å². The summed E-state index contributed by atoms with van der Waals surface area (Å²) in [5, 5.41) is 12.0. The van der Waals surface area contributed by atoms with Crippen LogP contribution in [0, 0.1) is 13.8 Å². The Kier molecular flexibility index (Phi) is 5.92. The summed E-state index contributed by atoms with van der Waals surface area (Å²) >= 11 is 0. The van der Waals surface area contributed by atoms with Crippen molar-refractivity contribution in [2.75, 3.05) is 13.2 Å². The SMILES string of the molecule is CCNC(CCCC1CCCO1)c1cc(C)nnc1C. The van der Waals surface area contributed by atoms with Crippen LogP contribution in [0.2, 0.25) is 0 Å². The molecule has 0 saturated carbocycles. The zero-order valence-electron chi connectivity index (χ0n) is 13.0. The Morgan fingerprint density at radius 1 is 1.40 bits per heavy atom. The minimum absolute atomic E-state index is 0.385. The van der Waals surface area contributed by atoms with Crippen LogP contribution in [0.15, 0.2) is 6.07 Å². The Morgan fingerprint density at radius 2 is 2.25 bits per heavy atom. The number of hydrogen-bond donors (Lipinski definition) is 1. The van der Waals surface area contributed by atoms with E-state index in [1.807, 2.05) is 13.8 Å². The maximum absolute atomic E-state index is 5.70. The maximum Gasteiger partial charge on any atom is 0.0648 e. The second-order valence-corrected chi connectivity index (χ2v) is 5.70. The Morgan fingerprint density at radius 3 is 2.95 bits per heavy atom. The van der Waals surface area contributed by atoms with Crippen LogP contribution in [0.1, 0.15) is 62.0 Å². The molecule has 0 aliphatic carbocycles. The van der Waals surface area contributed by atoms with Gasteiger partial charge in [-0.1, -0.05) is 6.92 Å². The summed E-state index contributed by atoms with van der Waals surface area (Å²) in [6.45, 7) is 8.14. The van der Waals surface area contributed by atoms with E-state index in [-0.39, 0.29) is 0 Å². The molecule has 20 heavy (non-hydrogen) atoms. The molecule has 1 N–H and O–H groups in total. The highest BCUT2D eigenvalue weighted by Crippen LogP contribution is 2.24. The first kappa shape index (κ1) is 15.4. The molecule has 2 heterocycles. The van der Waals surface area contributed by atoms with Crippen LogP contribution in [0.25, 0.3) is 0 Å². The van der Waals surface area contributed by atoms with Crippen molar-refractivity contribution >= 4 is 0 Å². The zero-order valence-corrected chi connectivity index (χ0v) is 13.0. The second-order valence-electron chi connectivity index (χ2n) is 5.70. The molecule has 2 rings (SSSR count). The van der Waals surface area contributed by atoms with Crippen LogP contribution in [0.4, 0.5) is 0 Å². The van der Waals surface area contributed by atoms with Crippen molar-refractivity contribution in [3.63, 3.8) is 0 Å². The van der Waals surface area contributed by atoms with Crippen LogP contribution in [0.3, 0.4) is 0 Å². The van der Waals surface area contributed by atoms with Gasteiger partial charge in [0.15, 0.2) is 0 Å². The van der Waals surface area contributed by atoms with Gasteiger partial charge in [0, 0.05) is 12.6 Å². The summed E-state index contributed by atoms with van der Waals surface area (Å²) in [6, 6.07) is 2.55. The van der Waals surface area contributed by atoms with Gasteiger partial charge in [0.2, 0.25) is 0 Å². The van der Waals surface area contributed by atoms with Crippen molar-refractivity contribution < 1.29 is 4.74 Å². The Labute approximate surface area is 122 Å². The van der Waals surface area contributed by atoms with Gasteiger partial charge >= 0.3 is 0 Å². The molecule has 112 valence electrons. The van der Waals surface area contributed by atoms with Crippen molar-refractivity contribution in [2.45, 2.75) is 65.0 Å². The topological polar surface area (TPSA) is 47.0 Å². The highest BCUT2D eigenvalue weighted by Gasteiger charge is 2.18. The summed E-state index contributed by atoms with van der Waals surface area (Å²) in [5.74, 6) is 0. The Hall–Kier alpha value is -1.00. The summed E-state index contributed by atoms with van der Waals surface area (Å²) < 4.78 is 5.70. The molecule has 1 saturated heterocycles. The predicted molar refractivity (Wildman–Crippen MR) is 80.7 cm³/mol. The van der Waals surface area contributed by atoms with Gasteiger partial charge in [-0.3, -0.25) is 0 Å². The molecular weight excluding hydrogens is 250 g/mol. The monoisotopic (exact) mass is 277 g/mol. The van der Waals surface area contributed by atoms with Gasteiger partial charge in [0.1, 0.15) is 0 Å². The van der Waals surface area contributed by atoms with Crippen molar-refractivity contribution in [1.29, 1.82) is 0 Å². The van der Waals surface area contributed by atoms with E-state index in [1.165, 1.54) is 31.2 Å². The van der Waals surface area contributed by atoms with Crippen LogP contribution in [-0.2, 0) is 4.74 Å². The maximum atomic E-state index is 5.70. The van der Waals surface area contributed by atoms with E-state index < -0.39 is 0 Å². The largest absolute Gasteiger partial charge is 0.378 e. The molecule has 0 bridgehead atoms. The quantitative estimate of drug-likeness (QED) is 0.832. The average molecular weight is 277 g/mol. The summed E-state index contributed by atoms with van der Waals surface area (Å²) in [7, 11) is 0. The molecule has 1 aromatic heterocycles. The van der Waals surface area contributed by atoms with Crippen molar-refractivity contribution in [2.24, 2.45) is 0 Å². The van der Waals surface area contributed by atoms with Crippen LogP contribution in [-0.4, -0.2) is 29.5 Å². The minimum Gasteiger partial charge on any atom is -0.378 e. The van der Waals surface area contributed by atoms with Gasteiger partial charge in [-0.25, -0.2) is 0 Å². The van der Waals surface area contributed by atoms with E-state index in [9.17, 15) is 0 Å². The molecule has 2 unspecified atom stereocenters. The molecule has 4 nitrogen and oxygen atoms in total. The van der Waals surface area contributed by atoms with Crippen LogP contribution >= 0.6 is 0 Å². The number of rotatable bonds is 7. The van der Waals surface area contributed by atoms with Gasteiger partial charge in [-0.2, -0.15) is 10.2 Å². The number of hydrogen-bond acceptors (Lipinski definition) is 4. The van der Waals surface area contributed by atoms with Crippen molar-refractivity contribution in [1.82, 2.24) is 15.5 Å². The van der Waals surface area contributed by atoms with Crippen LogP contribution < -0.4 is 5.32 Å². The van der Waals surface area contributed by atoms with E-state index in [0.717, 1.165) is 31.0 Å². The number of aromatic nitrogens is 2. The minimum atomic E-state index is 0.385. The molecule has 0 amide bonds. The fourth-order valence-electron chi connectivity index (χ4n) is 2.96. The number of aryl methyl sites for hydroxylation is 2. The third-order valence-corrected chi connectivity index (χ3v) is 4.01. The molecule has 1 aromatic rings. The number of nitrogens with one attached hydrogen (secondary N) is 1. The fraction of sp³-hybridized carbons (Fsp3) is 0.750. The lowest BCUT2D eigenvalue weighted by Gasteiger charge is -2.20. The van der Waals surface area contributed by atoms with Gasteiger partial charge in [0.05, 0.1) is 17.5 Å². The normalized spacial score (nSPS) is 20.2. The van der Waals surface area contributed by atoms with Gasteiger partial charge in [-0.15, -0.1) is 0 Å². The van der Waals surface area contributed by atoms with Crippen LogP contribution in [0.5, 0.6) is 0 Å². The molecule has 4 heteroatoms. The lowest BCUT2D eigenvalue weighted by Crippen LogP contribution is -2.23. The first-order valence-corrected chi connectivity index (χ1v) is 7.86. The van der Waals surface area contributed by atoms with Crippen molar-refractivity contribution in [3.8, 4) is 0 Å². The lowest BCUT2D eigenvalue weighted by atomic mass is 9.98. The predicted octanol–water partition coefficient (Wildman–Crippen LogP) is 3.09. The summed E-state index contributed by atoms with van der Waals surface area (Å²) in [6.07, 6.45) is 6.48. The zero-order chi connectivity index (χ0) is 14.4. The van der Waals surface area contributed by atoms with E-state index >= 15 is 0 Å². The van der Waals surface area contributed by atoms with Gasteiger partial charge in [0.25, 0.3) is 0 Å². The standard InChI is InChI=1S/C16H27N3O/c1-4-17-16(9-5-7-14-8-6-10-20-14)15-11-12(2)18-19-13(15)3/h11,14,16-17H,4-10H2,1-3H3. The highest BCUT2D eigenvalue weighted by molar-refractivity contribution is 5.23.